The van der Waals surface area contributed by atoms with Crippen LogP contribution in [0.25, 0.3) is 0 Å². The van der Waals surface area contributed by atoms with E-state index in [2.05, 4.69) is 0 Å². The molecular formula is C22H28N2O4S. The van der Waals surface area contributed by atoms with Crippen LogP contribution in [0, 0.1) is 0 Å². The summed E-state index contributed by atoms with van der Waals surface area (Å²) in [6.07, 6.45) is 6.92. The van der Waals surface area contributed by atoms with Gasteiger partial charge in [0, 0.05) is 18.1 Å². The Morgan fingerprint density at radius 3 is 2.48 bits per heavy atom. The van der Waals surface area contributed by atoms with E-state index >= 15 is 0 Å². The average molecular weight is 417 g/mol. The summed E-state index contributed by atoms with van der Waals surface area (Å²) in [4.78, 5) is 21.7. The van der Waals surface area contributed by atoms with Crippen LogP contribution in [-0.2, 0) is 28.8 Å². The van der Waals surface area contributed by atoms with Crippen LogP contribution in [0.1, 0.15) is 66.4 Å². The Hall–Kier alpha value is -1.96. The van der Waals surface area contributed by atoms with Crippen molar-refractivity contribution in [2.75, 3.05) is 12.9 Å². The zero-order valence-corrected chi connectivity index (χ0v) is 17.6. The molecule has 1 saturated carbocycles. The van der Waals surface area contributed by atoms with E-state index in [-0.39, 0.29) is 12.4 Å². The van der Waals surface area contributed by atoms with Crippen LogP contribution in [0.15, 0.2) is 29.2 Å². The van der Waals surface area contributed by atoms with E-state index in [1.54, 1.807) is 0 Å². The predicted octanol–water partition coefficient (Wildman–Crippen LogP) is 4.50. The number of aromatic nitrogens is 2. The molecule has 29 heavy (non-hydrogen) atoms. The van der Waals surface area contributed by atoms with Gasteiger partial charge in [0.15, 0.2) is 0 Å². The highest BCUT2D eigenvalue weighted by atomic mass is 32.3. The van der Waals surface area contributed by atoms with Gasteiger partial charge in [-0.2, -0.15) is 10.6 Å². The van der Waals surface area contributed by atoms with E-state index in [9.17, 15) is 13.9 Å². The minimum absolute atomic E-state index is 0.242. The van der Waals surface area contributed by atoms with Crippen LogP contribution >= 0.6 is 10.6 Å². The van der Waals surface area contributed by atoms with Crippen molar-refractivity contribution >= 4 is 16.6 Å². The number of carbonyl (C=O) groups excluding carboxylic acids is 1. The van der Waals surface area contributed by atoms with Crippen LogP contribution in [-0.4, -0.2) is 37.9 Å². The van der Waals surface area contributed by atoms with Crippen molar-refractivity contribution in [3.63, 3.8) is 0 Å². The van der Waals surface area contributed by atoms with E-state index in [1.807, 2.05) is 24.3 Å². The Kier molecular flexibility index (Phi) is 5.90. The first kappa shape index (κ1) is 20.3. The summed E-state index contributed by atoms with van der Waals surface area (Å²) in [6, 6.07) is 7.76. The highest BCUT2D eigenvalue weighted by Gasteiger charge is 2.32. The van der Waals surface area contributed by atoms with Crippen LogP contribution in [0.2, 0.25) is 0 Å². The lowest BCUT2D eigenvalue weighted by molar-refractivity contribution is -0.139. The number of rotatable bonds is 5. The molecule has 0 bridgehead atoms. The quantitative estimate of drug-likeness (QED) is 0.698. The molecule has 4 rings (SSSR count). The zero-order valence-electron chi connectivity index (χ0n) is 16.8. The van der Waals surface area contributed by atoms with Gasteiger partial charge in [-0.25, -0.2) is 9.97 Å². The molecule has 2 heterocycles. The average Bonchev–Trinajstić information content (AvgIpc) is 3.23. The monoisotopic (exact) mass is 416 g/mol. The summed E-state index contributed by atoms with van der Waals surface area (Å²) >= 11 is 0. The number of ether oxygens (including phenoxy) is 1. The maximum absolute atomic E-state index is 11.5. The van der Waals surface area contributed by atoms with Crippen molar-refractivity contribution in [2.45, 2.75) is 62.2 Å². The normalized spacial score (nSPS) is 19.6. The van der Waals surface area contributed by atoms with Gasteiger partial charge in [0.1, 0.15) is 10.7 Å². The van der Waals surface area contributed by atoms with Gasteiger partial charge in [-0.15, -0.1) is 0 Å². The maximum Gasteiger partial charge on any atom is 0.309 e. The number of hydrogen-bond donors (Lipinski definition) is 2. The molecule has 0 radical (unpaired) electrons. The Bertz CT molecular complexity index is 892. The lowest BCUT2D eigenvalue weighted by Crippen LogP contribution is -2.20. The van der Waals surface area contributed by atoms with E-state index in [4.69, 9.17) is 14.7 Å². The number of aryl methyl sites for hydroxylation is 1. The molecular weight excluding hydrogens is 388 g/mol. The topological polar surface area (TPSA) is 92.5 Å². The molecule has 1 aromatic heterocycles. The molecule has 0 spiro atoms. The second-order valence-corrected chi connectivity index (χ2v) is 10.2. The molecule has 0 amide bonds. The van der Waals surface area contributed by atoms with Crippen LogP contribution in [0.3, 0.4) is 0 Å². The van der Waals surface area contributed by atoms with Crippen molar-refractivity contribution < 1.29 is 18.6 Å². The third kappa shape index (κ3) is 4.47. The van der Waals surface area contributed by atoms with Gasteiger partial charge in [0.25, 0.3) is 0 Å². The fourth-order valence-electron chi connectivity index (χ4n) is 4.35. The van der Waals surface area contributed by atoms with Gasteiger partial charge in [-0.1, -0.05) is 37.1 Å². The van der Waals surface area contributed by atoms with Crippen molar-refractivity contribution in [3.05, 3.63) is 52.6 Å². The van der Waals surface area contributed by atoms with E-state index in [0.717, 1.165) is 54.0 Å². The first-order chi connectivity index (χ1) is 14.0. The van der Waals surface area contributed by atoms with Gasteiger partial charge in [-0.05, 0) is 36.8 Å². The molecule has 1 fully saturated rings. The number of esters is 1. The fraction of sp³-hybridized carbons (Fsp3) is 0.500. The molecule has 2 aliphatic rings. The van der Waals surface area contributed by atoms with Crippen molar-refractivity contribution in [3.8, 4) is 0 Å². The van der Waals surface area contributed by atoms with Crippen molar-refractivity contribution in [1.82, 2.24) is 9.97 Å². The molecule has 0 atom stereocenters. The molecule has 0 saturated heterocycles. The lowest BCUT2D eigenvalue weighted by Gasteiger charge is -2.38. The summed E-state index contributed by atoms with van der Waals surface area (Å²) < 4.78 is 26.2. The molecule has 0 unspecified atom stereocenters. The number of hydrogen-bond acceptors (Lipinski definition) is 6. The smallest absolute Gasteiger partial charge is 0.309 e. The van der Waals surface area contributed by atoms with E-state index in [0.29, 0.717) is 23.0 Å². The van der Waals surface area contributed by atoms with Crippen LogP contribution in [0.4, 0.5) is 0 Å². The first-order valence-corrected chi connectivity index (χ1v) is 12.0. The summed E-state index contributed by atoms with van der Waals surface area (Å²) in [5, 5.41) is 0. The van der Waals surface area contributed by atoms with Crippen molar-refractivity contribution in [2.24, 2.45) is 0 Å². The Labute approximate surface area is 173 Å². The van der Waals surface area contributed by atoms with Gasteiger partial charge < -0.3 is 4.74 Å². The molecule has 2 N–H and O–H groups in total. The Morgan fingerprint density at radius 2 is 1.79 bits per heavy atom. The molecule has 1 aliphatic heterocycles. The van der Waals surface area contributed by atoms with Crippen molar-refractivity contribution in [1.29, 1.82) is 0 Å². The maximum atomic E-state index is 11.5. The molecule has 1 aliphatic carbocycles. The standard InChI is InChI=1S/C22H28N2O4S/c1-28-20(25)14-16-10-8-15(9-11-16)13-19-21-18(7-4-12-29(21,26)27)23-22(24-19)17-5-2-3-6-17/h8-11,17,26-27H,2-7,12-14H2,1H3. The number of nitrogens with zero attached hydrogens (tertiary/aromatic N) is 2. The molecule has 6 nitrogen and oxygen atoms in total. The summed E-state index contributed by atoms with van der Waals surface area (Å²) in [7, 11) is -1.46. The van der Waals surface area contributed by atoms with Gasteiger partial charge in [0.05, 0.1) is 24.9 Å². The number of carbonyl (C=O) groups is 1. The summed E-state index contributed by atoms with van der Waals surface area (Å²) in [5.74, 6) is 1.37. The number of methoxy groups -OCH3 is 1. The Morgan fingerprint density at radius 1 is 1.10 bits per heavy atom. The highest BCUT2D eigenvalue weighted by molar-refractivity contribution is 8.24. The minimum Gasteiger partial charge on any atom is -0.469 e. The number of fused-ring (bicyclic) bond motifs is 1. The summed E-state index contributed by atoms with van der Waals surface area (Å²) in [6.45, 7) is 0. The minimum atomic E-state index is -2.85. The van der Waals surface area contributed by atoms with Crippen LogP contribution in [0.5, 0.6) is 0 Å². The fourth-order valence-corrected chi connectivity index (χ4v) is 6.12. The second kappa shape index (κ2) is 8.42. The van der Waals surface area contributed by atoms with Gasteiger partial charge in [0.2, 0.25) is 0 Å². The molecule has 156 valence electrons. The third-order valence-electron chi connectivity index (χ3n) is 5.88. The second-order valence-electron chi connectivity index (χ2n) is 8.01. The molecule has 2 aromatic rings. The predicted molar refractivity (Wildman–Crippen MR) is 113 cm³/mol. The van der Waals surface area contributed by atoms with E-state index < -0.39 is 10.6 Å². The molecule has 7 heteroatoms. The summed E-state index contributed by atoms with van der Waals surface area (Å²) in [5.41, 5.74) is 3.49. The highest BCUT2D eigenvalue weighted by Crippen LogP contribution is 2.54. The first-order valence-electron chi connectivity index (χ1n) is 10.3. The SMILES string of the molecule is COC(=O)Cc1ccc(Cc2nc(C3CCCC3)nc3c2S(O)(O)CCC3)cc1. The largest absolute Gasteiger partial charge is 0.469 e. The number of benzene rings is 1. The lowest BCUT2D eigenvalue weighted by atomic mass is 10.0. The van der Waals surface area contributed by atoms with E-state index in [1.165, 1.54) is 20.0 Å². The zero-order chi connectivity index (χ0) is 20.4. The van der Waals surface area contributed by atoms with Crippen LogP contribution < -0.4 is 0 Å². The van der Waals surface area contributed by atoms with Gasteiger partial charge >= 0.3 is 5.97 Å². The Balaban J connectivity index is 1.66. The third-order valence-corrected chi connectivity index (χ3v) is 7.87. The van der Waals surface area contributed by atoms with Gasteiger partial charge in [-0.3, -0.25) is 13.9 Å². The molecule has 1 aromatic carbocycles.